The van der Waals surface area contributed by atoms with Crippen LogP contribution in [0.25, 0.3) is 10.9 Å². The van der Waals surface area contributed by atoms with Crippen LogP contribution in [0.1, 0.15) is 18.4 Å². The van der Waals surface area contributed by atoms with Gasteiger partial charge in [0.15, 0.2) is 5.88 Å². The maximum atomic E-state index is 10.1. The third-order valence-electron chi connectivity index (χ3n) is 5.15. The molecule has 0 atom stereocenters. The summed E-state index contributed by atoms with van der Waals surface area (Å²) in [5, 5.41) is 11.1. The zero-order chi connectivity index (χ0) is 19.9. The highest BCUT2D eigenvalue weighted by atomic mass is 32.2. The summed E-state index contributed by atoms with van der Waals surface area (Å²) in [6.07, 6.45) is 3.95. The van der Waals surface area contributed by atoms with E-state index in [-0.39, 0.29) is 5.88 Å². The summed E-state index contributed by atoms with van der Waals surface area (Å²) in [4.78, 5) is 10.0. The van der Waals surface area contributed by atoms with E-state index in [4.69, 9.17) is 4.74 Å². The number of thioether (sulfide) groups is 1. The van der Waals surface area contributed by atoms with Gasteiger partial charge in [-0.2, -0.15) is 11.8 Å². The van der Waals surface area contributed by atoms with E-state index in [2.05, 4.69) is 26.6 Å². The molecule has 1 aromatic heterocycles. The molecule has 1 fully saturated rings. The van der Waals surface area contributed by atoms with E-state index in [1.807, 2.05) is 48.5 Å². The number of H-pyrrole nitrogens is 1. The molecule has 0 unspecified atom stereocenters. The molecule has 0 spiro atoms. The van der Waals surface area contributed by atoms with Crippen LogP contribution in [-0.2, 0) is 0 Å². The van der Waals surface area contributed by atoms with Crippen molar-refractivity contribution in [3.63, 3.8) is 0 Å². The summed E-state index contributed by atoms with van der Waals surface area (Å²) < 4.78 is 5.86. The summed E-state index contributed by atoms with van der Waals surface area (Å²) in [6, 6.07) is 15.5. The summed E-state index contributed by atoms with van der Waals surface area (Å²) in [6.45, 7) is 4.38. The van der Waals surface area contributed by atoms with E-state index in [9.17, 15) is 5.11 Å². The van der Waals surface area contributed by atoms with E-state index >= 15 is 0 Å². The summed E-state index contributed by atoms with van der Waals surface area (Å²) in [5.74, 6) is 3.54. The van der Waals surface area contributed by atoms with Crippen molar-refractivity contribution < 1.29 is 9.84 Å². The Morgan fingerprint density at radius 2 is 1.86 bits per heavy atom. The lowest BCUT2D eigenvalue weighted by Crippen LogP contribution is -2.33. The Hall–Kier alpha value is -2.44. The molecule has 2 N–H and O–H groups in total. The molecule has 0 radical (unpaired) electrons. The fraction of sp³-hybridized carbons (Fsp3) is 0.348. The van der Waals surface area contributed by atoms with E-state index < -0.39 is 0 Å². The van der Waals surface area contributed by atoms with Gasteiger partial charge < -0.3 is 19.7 Å². The first-order valence-electron chi connectivity index (χ1n) is 10.2. The smallest absolute Gasteiger partial charge is 0.198 e. The molecular formula is C23H27N3O2S. The minimum atomic E-state index is 0.137. The Morgan fingerprint density at radius 1 is 1.07 bits per heavy atom. The number of hydrogen-bond donors (Lipinski definition) is 2. The molecule has 2 heterocycles. The van der Waals surface area contributed by atoms with Crippen molar-refractivity contribution >= 4 is 34.6 Å². The second-order valence-corrected chi connectivity index (χ2v) is 8.42. The van der Waals surface area contributed by atoms with E-state index in [1.165, 1.54) is 37.6 Å². The lowest BCUT2D eigenvalue weighted by molar-refractivity contribution is 0.265. The van der Waals surface area contributed by atoms with Gasteiger partial charge in [0.2, 0.25) is 0 Å². The number of para-hydroxylation sites is 1. The Kier molecular flexibility index (Phi) is 6.75. The standard InChI is InChI=1S/C23H27N3O2S/c27-23-21(20-5-1-2-6-22(20)25-23)17-24-18-7-9-19(10-8-18)28-14-4-3-11-26-12-15-29-16-13-26/h1-2,5-10,17,25,27H,3-4,11-16H2. The lowest BCUT2D eigenvalue weighted by atomic mass is 10.2. The molecule has 1 aliphatic heterocycles. The molecule has 0 aliphatic carbocycles. The number of rotatable bonds is 8. The number of nitrogens with one attached hydrogen (secondary N) is 1. The van der Waals surface area contributed by atoms with Crippen molar-refractivity contribution in [3.05, 3.63) is 54.1 Å². The first-order valence-corrected chi connectivity index (χ1v) is 11.3. The van der Waals surface area contributed by atoms with Gasteiger partial charge in [-0.1, -0.05) is 18.2 Å². The topological polar surface area (TPSA) is 60.9 Å². The van der Waals surface area contributed by atoms with Crippen LogP contribution in [0.4, 0.5) is 5.69 Å². The van der Waals surface area contributed by atoms with Crippen molar-refractivity contribution in [2.24, 2.45) is 4.99 Å². The number of aromatic nitrogens is 1. The van der Waals surface area contributed by atoms with Crippen molar-refractivity contribution in [1.82, 2.24) is 9.88 Å². The zero-order valence-corrected chi connectivity index (χ0v) is 17.3. The van der Waals surface area contributed by atoms with Crippen molar-refractivity contribution in [1.29, 1.82) is 0 Å². The Labute approximate surface area is 175 Å². The van der Waals surface area contributed by atoms with Crippen LogP contribution < -0.4 is 4.74 Å². The average Bonchev–Trinajstić information content (AvgIpc) is 3.08. The highest BCUT2D eigenvalue weighted by Gasteiger charge is 2.09. The van der Waals surface area contributed by atoms with Crippen molar-refractivity contribution in [2.75, 3.05) is 37.7 Å². The largest absolute Gasteiger partial charge is 0.494 e. The van der Waals surface area contributed by atoms with Crippen LogP contribution in [0.2, 0.25) is 0 Å². The number of hydrogen-bond acceptors (Lipinski definition) is 5. The van der Waals surface area contributed by atoms with Gasteiger partial charge in [0.25, 0.3) is 0 Å². The zero-order valence-electron chi connectivity index (χ0n) is 16.5. The molecule has 2 aromatic carbocycles. The average molecular weight is 410 g/mol. The van der Waals surface area contributed by atoms with Gasteiger partial charge >= 0.3 is 0 Å². The van der Waals surface area contributed by atoms with Crippen LogP contribution in [0.5, 0.6) is 11.6 Å². The number of ether oxygens (including phenoxy) is 1. The third-order valence-corrected chi connectivity index (χ3v) is 6.09. The van der Waals surface area contributed by atoms with Gasteiger partial charge in [0.1, 0.15) is 5.75 Å². The summed E-state index contributed by atoms with van der Waals surface area (Å²) >= 11 is 2.05. The minimum Gasteiger partial charge on any atom is -0.494 e. The normalized spacial score (nSPS) is 15.3. The molecule has 1 aliphatic rings. The van der Waals surface area contributed by atoms with E-state index in [0.717, 1.165) is 35.4 Å². The Morgan fingerprint density at radius 3 is 2.69 bits per heavy atom. The molecular weight excluding hydrogens is 382 g/mol. The second kappa shape index (κ2) is 9.85. The number of aromatic amines is 1. The van der Waals surface area contributed by atoms with Gasteiger partial charge in [-0.3, -0.25) is 4.99 Å². The monoisotopic (exact) mass is 409 g/mol. The molecule has 29 heavy (non-hydrogen) atoms. The Balaban J connectivity index is 1.25. The molecule has 152 valence electrons. The van der Waals surface area contributed by atoms with Crippen molar-refractivity contribution in [3.8, 4) is 11.6 Å². The fourth-order valence-electron chi connectivity index (χ4n) is 3.50. The first kappa shape index (κ1) is 19.9. The second-order valence-electron chi connectivity index (χ2n) is 7.19. The number of unbranched alkanes of at least 4 members (excludes halogenated alkanes) is 1. The van der Waals surface area contributed by atoms with Crippen LogP contribution in [0.3, 0.4) is 0 Å². The van der Waals surface area contributed by atoms with Crippen molar-refractivity contribution in [2.45, 2.75) is 12.8 Å². The van der Waals surface area contributed by atoms with E-state index in [1.54, 1.807) is 6.21 Å². The van der Waals surface area contributed by atoms with E-state index in [0.29, 0.717) is 5.56 Å². The third kappa shape index (κ3) is 5.34. The van der Waals surface area contributed by atoms with Gasteiger partial charge in [-0.05, 0) is 49.7 Å². The number of aliphatic imine (C=N–C) groups is 1. The molecule has 6 heteroatoms. The highest BCUT2D eigenvalue weighted by Crippen LogP contribution is 2.26. The van der Waals surface area contributed by atoms with Crippen LogP contribution >= 0.6 is 11.8 Å². The molecule has 4 rings (SSSR count). The SMILES string of the molecule is Oc1[nH]c2ccccc2c1C=Nc1ccc(OCCCCN2CCSCC2)cc1. The van der Waals surface area contributed by atoms with Gasteiger partial charge in [-0.15, -0.1) is 0 Å². The number of nitrogens with zero attached hydrogens (tertiary/aromatic N) is 2. The molecule has 1 saturated heterocycles. The highest BCUT2D eigenvalue weighted by molar-refractivity contribution is 7.99. The maximum absolute atomic E-state index is 10.1. The summed E-state index contributed by atoms with van der Waals surface area (Å²) in [5.41, 5.74) is 2.42. The number of fused-ring (bicyclic) bond motifs is 1. The first-order chi connectivity index (χ1) is 14.3. The fourth-order valence-corrected chi connectivity index (χ4v) is 4.48. The van der Waals surface area contributed by atoms with Gasteiger partial charge in [-0.25, -0.2) is 0 Å². The maximum Gasteiger partial charge on any atom is 0.198 e. The van der Waals surface area contributed by atoms with Gasteiger partial charge in [0, 0.05) is 41.7 Å². The molecule has 3 aromatic rings. The predicted octanol–water partition coefficient (Wildman–Crippen LogP) is 4.83. The molecule has 0 bridgehead atoms. The minimum absolute atomic E-state index is 0.137. The summed E-state index contributed by atoms with van der Waals surface area (Å²) in [7, 11) is 0. The Bertz CT molecular complexity index is 946. The number of aromatic hydroxyl groups is 1. The van der Waals surface area contributed by atoms with Crippen LogP contribution in [-0.4, -0.2) is 59.0 Å². The molecule has 0 amide bonds. The van der Waals surface area contributed by atoms with Crippen LogP contribution in [0.15, 0.2) is 53.5 Å². The quantitative estimate of drug-likeness (QED) is 0.413. The predicted molar refractivity (Wildman–Crippen MR) is 122 cm³/mol. The molecule has 0 saturated carbocycles. The lowest BCUT2D eigenvalue weighted by Gasteiger charge is -2.25. The van der Waals surface area contributed by atoms with Crippen LogP contribution in [0, 0.1) is 0 Å². The molecule has 5 nitrogen and oxygen atoms in total. The number of benzene rings is 2. The van der Waals surface area contributed by atoms with Gasteiger partial charge in [0.05, 0.1) is 17.9 Å².